The van der Waals surface area contributed by atoms with Gasteiger partial charge in [0.1, 0.15) is 0 Å². The van der Waals surface area contributed by atoms with E-state index in [1.165, 1.54) is 5.56 Å². The van der Waals surface area contributed by atoms with Gasteiger partial charge in [-0.3, -0.25) is 14.5 Å². The standard InChI is InChI=1S/C41H48N2O6/c1-43(27-30-10-5-4-6-11-30)28-37-25-38(34-18-16-31(29-44)17-19-34)49-41(48-37)35-22-20-33(21-23-35)36-13-9-12-32(24-36)26-42-39(45)14-7-2-3-8-15-40(46)47/h4-6,9-13,16-24,37-38,41,44H,2-3,7-8,14-15,25-29H2,1H3,(H,42,45)(H,46,47)/t37-,38+,41+/m0/s1. The Morgan fingerprint density at radius 2 is 1.45 bits per heavy atom. The minimum Gasteiger partial charge on any atom is -0.481 e. The summed E-state index contributed by atoms with van der Waals surface area (Å²) in [6, 6.07) is 34.9. The van der Waals surface area contributed by atoms with Crippen molar-refractivity contribution in [2.45, 2.75) is 83.1 Å². The summed E-state index contributed by atoms with van der Waals surface area (Å²) in [5.74, 6) is -0.765. The number of aliphatic hydroxyl groups is 1. The predicted octanol–water partition coefficient (Wildman–Crippen LogP) is 7.56. The first-order chi connectivity index (χ1) is 23.9. The number of nitrogens with one attached hydrogen (secondary N) is 1. The normalized spacial score (nSPS) is 17.6. The van der Waals surface area contributed by atoms with Crippen LogP contribution in [0.3, 0.4) is 0 Å². The highest BCUT2D eigenvalue weighted by molar-refractivity contribution is 5.76. The van der Waals surface area contributed by atoms with Gasteiger partial charge in [-0.1, -0.05) is 110 Å². The highest BCUT2D eigenvalue weighted by atomic mass is 16.7. The van der Waals surface area contributed by atoms with Gasteiger partial charge in [-0.25, -0.2) is 0 Å². The zero-order valence-corrected chi connectivity index (χ0v) is 28.3. The molecule has 0 spiro atoms. The van der Waals surface area contributed by atoms with Crippen LogP contribution in [0.25, 0.3) is 11.1 Å². The van der Waals surface area contributed by atoms with E-state index in [1.54, 1.807) is 0 Å². The molecule has 3 N–H and O–H groups in total. The first kappa shape index (κ1) is 36.0. The predicted molar refractivity (Wildman–Crippen MR) is 190 cm³/mol. The Kier molecular flexibility index (Phi) is 13.5. The Morgan fingerprint density at radius 3 is 2.16 bits per heavy atom. The van der Waals surface area contributed by atoms with E-state index < -0.39 is 12.3 Å². The molecule has 0 unspecified atom stereocenters. The van der Waals surface area contributed by atoms with Crippen LogP contribution in [0.2, 0.25) is 0 Å². The van der Waals surface area contributed by atoms with Crippen molar-refractivity contribution in [1.29, 1.82) is 0 Å². The lowest BCUT2D eigenvalue weighted by Crippen LogP contribution is -2.37. The summed E-state index contributed by atoms with van der Waals surface area (Å²) in [7, 11) is 2.12. The van der Waals surface area contributed by atoms with E-state index in [0.29, 0.717) is 19.4 Å². The molecule has 0 bridgehead atoms. The molecule has 0 radical (unpaired) electrons. The van der Waals surface area contributed by atoms with E-state index in [2.05, 4.69) is 77.9 Å². The number of carboxylic acid groups (broad SMARTS) is 1. The summed E-state index contributed by atoms with van der Waals surface area (Å²) >= 11 is 0. The number of rotatable bonds is 17. The molecule has 4 aromatic carbocycles. The van der Waals surface area contributed by atoms with Crippen LogP contribution in [-0.4, -0.2) is 46.7 Å². The fourth-order valence-corrected chi connectivity index (χ4v) is 6.24. The van der Waals surface area contributed by atoms with Gasteiger partial charge >= 0.3 is 5.97 Å². The number of ether oxygens (including phenoxy) is 2. The maximum atomic E-state index is 12.4. The third-order valence-electron chi connectivity index (χ3n) is 8.90. The summed E-state index contributed by atoms with van der Waals surface area (Å²) in [6.07, 6.45) is 3.72. The molecule has 0 aromatic heterocycles. The minimum absolute atomic E-state index is 0.00710. The fourth-order valence-electron chi connectivity index (χ4n) is 6.24. The highest BCUT2D eigenvalue weighted by Crippen LogP contribution is 2.38. The molecule has 8 heteroatoms. The lowest BCUT2D eigenvalue weighted by atomic mass is 9.99. The number of hydrogen-bond acceptors (Lipinski definition) is 6. The van der Waals surface area contributed by atoms with Crippen molar-refractivity contribution in [3.8, 4) is 11.1 Å². The summed E-state index contributed by atoms with van der Waals surface area (Å²) in [5, 5.41) is 21.3. The second kappa shape index (κ2) is 18.4. The van der Waals surface area contributed by atoms with Crippen molar-refractivity contribution in [3.05, 3.63) is 131 Å². The number of amides is 1. The maximum Gasteiger partial charge on any atom is 0.303 e. The number of nitrogens with zero attached hydrogens (tertiary/aromatic N) is 1. The van der Waals surface area contributed by atoms with E-state index in [1.807, 2.05) is 42.5 Å². The molecular weight excluding hydrogens is 616 g/mol. The highest BCUT2D eigenvalue weighted by Gasteiger charge is 2.32. The summed E-state index contributed by atoms with van der Waals surface area (Å²) in [4.78, 5) is 25.3. The van der Waals surface area contributed by atoms with E-state index in [-0.39, 0.29) is 31.1 Å². The largest absolute Gasteiger partial charge is 0.481 e. The van der Waals surface area contributed by atoms with Crippen molar-refractivity contribution < 1.29 is 29.3 Å². The molecule has 3 atom stereocenters. The Labute approximate surface area is 289 Å². The molecule has 0 aliphatic carbocycles. The van der Waals surface area contributed by atoms with Gasteiger partial charge in [0.2, 0.25) is 5.91 Å². The molecule has 1 amide bonds. The number of carboxylic acids is 1. The quantitative estimate of drug-likeness (QED) is 0.100. The molecule has 1 heterocycles. The van der Waals surface area contributed by atoms with Crippen LogP contribution in [0, 0.1) is 0 Å². The summed E-state index contributed by atoms with van der Waals surface area (Å²) in [5.41, 5.74) is 7.28. The fraction of sp³-hybridized carbons (Fsp3) is 0.366. The smallest absolute Gasteiger partial charge is 0.303 e. The maximum absolute atomic E-state index is 12.4. The molecule has 5 rings (SSSR count). The Hall–Kier alpha value is -4.34. The number of carbonyl (C=O) groups is 2. The molecule has 1 aliphatic rings. The van der Waals surface area contributed by atoms with Crippen LogP contribution < -0.4 is 5.32 Å². The van der Waals surface area contributed by atoms with Crippen molar-refractivity contribution in [2.75, 3.05) is 13.6 Å². The number of benzene rings is 4. The zero-order valence-electron chi connectivity index (χ0n) is 28.3. The lowest BCUT2D eigenvalue weighted by molar-refractivity contribution is -0.252. The average molecular weight is 665 g/mol. The van der Waals surface area contributed by atoms with Crippen LogP contribution in [0.4, 0.5) is 0 Å². The second-order valence-electron chi connectivity index (χ2n) is 12.9. The van der Waals surface area contributed by atoms with E-state index >= 15 is 0 Å². The lowest BCUT2D eigenvalue weighted by Gasteiger charge is -2.38. The first-order valence-corrected chi connectivity index (χ1v) is 17.3. The van der Waals surface area contributed by atoms with Gasteiger partial charge in [0.15, 0.2) is 6.29 Å². The molecule has 1 fully saturated rings. The number of unbranched alkanes of at least 4 members (excludes halogenated alkanes) is 3. The summed E-state index contributed by atoms with van der Waals surface area (Å²) < 4.78 is 13.2. The molecule has 1 aliphatic heterocycles. The molecule has 258 valence electrons. The van der Waals surface area contributed by atoms with Gasteiger partial charge in [-0.15, -0.1) is 0 Å². The molecule has 4 aromatic rings. The van der Waals surface area contributed by atoms with E-state index in [4.69, 9.17) is 14.6 Å². The minimum atomic E-state index is -0.772. The topological polar surface area (TPSA) is 108 Å². The van der Waals surface area contributed by atoms with Gasteiger partial charge < -0.3 is 25.0 Å². The van der Waals surface area contributed by atoms with Crippen molar-refractivity contribution in [1.82, 2.24) is 10.2 Å². The molecular formula is C41H48N2O6. The van der Waals surface area contributed by atoms with Gasteiger partial charge in [0.25, 0.3) is 0 Å². The number of likely N-dealkylation sites (N-methyl/N-ethyl adjacent to an activating group) is 1. The van der Waals surface area contributed by atoms with Gasteiger partial charge in [-0.2, -0.15) is 0 Å². The molecule has 8 nitrogen and oxygen atoms in total. The number of aliphatic carboxylic acids is 1. The number of aliphatic hydroxyl groups excluding tert-OH is 1. The molecule has 49 heavy (non-hydrogen) atoms. The van der Waals surface area contributed by atoms with E-state index in [0.717, 1.165) is 72.2 Å². The van der Waals surface area contributed by atoms with Gasteiger partial charge in [0.05, 0.1) is 18.8 Å². The third-order valence-corrected chi connectivity index (χ3v) is 8.90. The van der Waals surface area contributed by atoms with Gasteiger partial charge in [-0.05, 0) is 59.3 Å². The Balaban J connectivity index is 1.20. The van der Waals surface area contributed by atoms with Crippen LogP contribution in [0.5, 0.6) is 0 Å². The molecule has 1 saturated heterocycles. The van der Waals surface area contributed by atoms with Gasteiger partial charge in [0, 0.05) is 44.5 Å². The monoisotopic (exact) mass is 664 g/mol. The SMILES string of the molecule is CN(Cc1ccccc1)C[C@@H]1C[C@H](c2ccc(CO)cc2)O[C@H](c2ccc(-c3cccc(CNC(=O)CCCCCCC(=O)O)c3)cc2)O1. The van der Waals surface area contributed by atoms with Crippen molar-refractivity contribution >= 4 is 11.9 Å². The van der Waals surface area contributed by atoms with E-state index in [9.17, 15) is 14.7 Å². The molecule has 0 saturated carbocycles. The third kappa shape index (κ3) is 11.4. The van der Waals surface area contributed by atoms with Crippen LogP contribution in [0.15, 0.2) is 103 Å². The zero-order chi connectivity index (χ0) is 34.4. The number of carbonyl (C=O) groups excluding carboxylic acids is 1. The summed E-state index contributed by atoms with van der Waals surface area (Å²) in [6.45, 7) is 2.05. The average Bonchev–Trinajstić information content (AvgIpc) is 3.12. The van der Waals surface area contributed by atoms with Crippen LogP contribution in [-0.2, 0) is 38.8 Å². The Morgan fingerprint density at radius 1 is 0.755 bits per heavy atom. The van der Waals surface area contributed by atoms with Crippen molar-refractivity contribution in [2.24, 2.45) is 0 Å². The first-order valence-electron chi connectivity index (χ1n) is 17.3. The van der Waals surface area contributed by atoms with Crippen LogP contribution in [0.1, 0.15) is 85.2 Å². The van der Waals surface area contributed by atoms with Crippen molar-refractivity contribution in [3.63, 3.8) is 0 Å². The Bertz CT molecular complexity index is 1610. The van der Waals surface area contributed by atoms with Crippen LogP contribution >= 0.6 is 0 Å². The number of hydrogen-bond donors (Lipinski definition) is 3. The second-order valence-corrected chi connectivity index (χ2v) is 12.9.